The van der Waals surface area contributed by atoms with Crippen LogP contribution < -0.4 is 5.32 Å². The van der Waals surface area contributed by atoms with Gasteiger partial charge in [0.2, 0.25) is 0 Å². The molecule has 0 unspecified atom stereocenters. The normalized spacial score (nSPS) is 10.1. The number of hydrogen-bond donors (Lipinski definition) is 1. The Labute approximate surface area is 96.8 Å². The van der Waals surface area contributed by atoms with Gasteiger partial charge in [0.25, 0.3) is 5.91 Å². The third kappa shape index (κ3) is 4.45. The third-order valence-corrected chi connectivity index (χ3v) is 2.24. The number of aryl methyl sites for hydroxylation is 1. The van der Waals surface area contributed by atoms with Crippen LogP contribution in [0.2, 0.25) is 0 Å². The molecule has 0 aromatic heterocycles. The average Bonchev–Trinajstić information content (AvgIpc) is 2.28. The molecule has 3 heteroatoms. The van der Waals surface area contributed by atoms with E-state index in [9.17, 15) is 4.79 Å². The number of rotatable bonds is 6. The van der Waals surface area contributed by atoms with Gasteiger partial charge in [-0.3, -0.25) is 4.79 Å². The standard InChI is InChI=1S/C13H19NO2/c1-3-16-9-5-8-14-13(15)12-7-4-6-11(2)10-12/h4,6-7,10H,3,5,8-9H2,1-2H3,(H,14,15). The second-order valence-electron chi connectivity index (χ2n) is 3.68. The highest BCUT2D eigenvalue weighted by molar-refractivity contribution is 5.94. The summed E-state index contributed by atoms with van der Waals surface area (Å²) in [4.78, 5) is 11.7. The van der Waals surface area contributed by atoms with Gasteiger partial charge in [-0.05, 0) is 32.4 Å². The number of carbonyl (C=O) groups excluding carboxylic acids is 1. The van der Waals surface area contributed by atoms with Crippen LogP contribution in [0.4, 0.5) is 0 Å². The highest BCUT2D eigenvalue weighted by Gasteiger charge is 2.03. The Bertz CT molecular complexity index is 336. The van der Waals surface area contributed by atoms with E-state index >= 15 is 0 Å². The summed E-state index contributed by atoms with van der Waals surface area (Å²) in [6, 6.07) is 7.58. The molecule has 0 aliphatic carbocycles. The van der Waals surface area contributed by atoms with Crippen LogP contribution in [-0.2, 0) is 4.74 Å². The third-order valence-electron chi connectivity index (χ3n) is 2.24. The van der Waals surface area contributed by atoms with Crippen LogP contribution in [0.1, 0.15) is 29.3 Å². The van der Waals surface area contributed by atoms with Crippen LogP contribution in [0.25, 0.3) is 0 Å². The van der Waals surface area contributed by atoms with E-state index in [0.29, 0.717) is 13.2 Å². The maximum atomic E-state index is 11.7. The van der Waals surface area contributed by atoms with Crippen molar-refractivity contribution in [1.29, 1.82) is 0 Å². The lowest BCUT2D eigenvalue weighted by Crippen LogP contribution is -2.25. The topological polar surface area (TPSA) is 38.3 Å². The molecule has 0 heterocycles. The minimum absolute atomic E-state index is 0.0137. The Morgan fingerprint density at radius 1 is 1.44 bits per heavy atom. The molecular formula is C13H19NO2. The van der Waals surface area contributed by atoms with Crippen LogP contribution in [-0.4, -0.2) is 25.7 Å². The van der Waals surface area contributed by atoms with Crippen LogP contribution in [0.3, 0.4) is 0 Å². The first-order chi connectivity index (χ1) is 7.74. The van der Waals surface area contributed by atoms with Gasteiger partial charge in [0.15, 0.2) is 0 Å². The van der Waals surface area contributed by atoms with E-state index in [4.69, 9.17) is 4.74 Å². The summed E-state index contributed by atoms with van der Waals surface area (Å²) in [5.74, 6) is -0.0137. The Balaban J connectivity index is 2.30. The molecule has 0 fully saturated rings. The molecule has 0 bridgehead atoms. The second kappa shape index (κ2) is 7.01. The maximum absolute atomic E-state index is 11.7. The van der Waals surface area contributed by atoms with Crippen molar-refractivity contribution in [2.45, 2.75) is 20.3 Å². The maximum Gasteiger partial charge on any atom is 0.251 e. The summed E-state index contributed by atoms with van der Waals surface area (Å²) in [7, 11) is 0. The molecule has 1 rings (SSSR count). The van der Waals surface area contributed by atoms with Crippen LogP contribution in [0, 0.1) is 6.92 Å². The molecule has 0 spiro atoms. The molecule has 1 N–H and O–H groups in total. The van der Waals surface area contributed by atoms with Gasteiger partial charge in [-0.25, -0.2) is 0 Å². The molecule has 0 saturated carbocycles. The highest BCUT2D eigenvalue weighted by Crippen LogP contribution is 2.03. The summed E-state index contributed by atoms with van der Waals surface area (Å²) in [6.45, 7) is 6.03. The Morgan fingerprint density at radius 3 is 2.94 bits per heavy atom. The van der Waals surface area contributed by atoms with Crippen molar-refractivity contribution in [3.8, 4) is 0 Å². The van der Waals surface area contributed by atoms with Crippen LogP contribution in [0.15, 0.2) is 24.3 Å². The number of ether oxygens (including phenoxy) is 1. The number of nitrogens with one attached hydrogen (secondary N) is 1. The van der Waals surface area contributed by atoms with Crippen molar-refractivity contribution < 1.29 is 9.53 Å². The van der Waals surface area contributed by atoms with Crippen molar-refractivity contribution >= 4 is 5.91 Å². The summed E-state index contributed by atoms with van der Waals surface area (Å²) >= 11 is 0. The van der Waals surface area contributed by atoms with Gasteiger partial charge in [0.1, 0.15) is 0 Å². The Morgan fingerprint density at radius 2 is 2.25 bits per heavy atom. The molecule has 0 aliphatic heterocycles. The summed E-state index contributed by atoms with van der Waals surface area (Å²) < 4.78 is 5.19. The van der Waals surface area contributed by atoms with Crippen molar-refractivity contribution in [2.24, 2.45) is 0 Å². The van der Waals surface area contributed by atoms with E-state index in [1.807, 2.05) is 38.1 Å². The summed E-state index contributed by atoms with van der Waals surface area (Å²) in [6.07, 6.45) is 0.853. The number of amides is 1. The first-order valence-corrected chi connectivity index (χ1v) is 5.66. The predicted molar refractivity (Wildman–Crippen MR) is 64.6 cm³/mol. The van der Waals surface area contributed by atoms with E-state index in [-0.39, 0.29) is 5.91 Å². The molecule has 16 heavy (non-hydrogen) atoms. The zero-order valence-corrected chi connectivity index (χ0v) is 9.95. The lowest BCUT2D eigenvalue weighted by Gasteiger charge is -2.05. The summed E-state index contributed by atoms with van der Waals surface area (Å²) in [5.41, 5.74) is 1.82. The van der Waals surface area contributed by atoms with Crippen molar-refractivity contribution in [3.63, 3.8) is 0 Å². The van der Waals surface area contributed by atoms with Gasteiger partial charge in [0, 0.05) is 25.3 Å². The van der Waals surface area contributed by atoms with Crippen molar-refractivity contribution in [3.05, 3.63) is 35.4 Å². The molecule has 1 aromatic rings. The van der Waals surface area contributed by atoms with Gasteiger partial charge >= 0.3 is 0 Å². The zero-order chi connectivity index (χ0) is 11.8. The molecular weight excluding hydrogens is 202 g/mol. The van der Waals surface area contributed by atoms with E-state index in [1.54, 1.807) is 0 Å². The number of carbonyl (C=O) groups is 1. The lowest BCUT2D eigenvalue weighted by molar-refractivity contribution is 0.0944. The Hall–Kier alpha value is -1.35. The monoisotopic (exact) mass is 221 g/mol. The Kier molecular flexibility index (Phi) is 5.57. The van der Waals surface area contributed by atoms with Crippen LogP contribution in [0.5, 0.6) is 0 Å². The molecule has 0 aliphatic rings. The number of hydrogen-bond acceptors (Lipinski definition) is 2. The average molecular weight is 221 g/mol. The van der Waals surface area contributed by atoms with E-state index < -0.39 is 0 Å². The first kappa shape index (κ1) is 12.7. The zero-order valence-electron chi connectivity index (χ0n) is 9.95. The fourth-order valence-corrected chi connectivity index (χ4v) is 1.41. The van der Waals surface area contributed by atoms with Crippen molar-refractivity contribution in [1.82, 2.24) is 5.32 Å². The molecule has 1 aromatic carbocycles. The lowest BCUT2D eigenvalue weighted by atomic mass is 10.1. The fourth-order valence-electron chi connectivity index (χ4n) is 1.41. The van der Waals surface area contributed by atoms with Crippen LogP contribution >= 0.6 is 0 Å². The minimum atomic E-state index is -0.0137. The van der Waals surface area contributed by atoms with Gasteiger partial charge in [-0.15, -0.1) is 0 Å². The number of benzene rings is 1. The minimum Gasteiger partial charge on any atom is -0.382 e. The molecule has 3 nitrogen and oxygen atoms in total. The predicted octanol–water partition coefficient (Wildman–Crippen LogP) is 2.15. The van der Waals surface area contributed by atoms with E-state index in [1.165, 1.54) is 0 Å². The molecule has 0 saturated heterocycles. The fraction of sp³-hybridized carbons (Fsp3) is 0.462. The van der Waals surface area contributed by atoms with Gasteiger partial charge < -0.3 is 10.1 Å². The summed E-state index contributed by atoms with van der Waals surface area (Å²) in [5, 5.41) is 2.87. The van der Waals surface area contributed by atoms with Gasteiger partial charge in [0.05, 0.1) is 0 Å². The quantitative estimate of drug-likeness (QED) is 0.747. The molecule has 0 radical (unpaired) electrons. The smallest absolute Gasteiger partial charge is 0.251 e. The van der Waals surface area contributed by atoms with E-state index in [0.717, 1.165) is 24.2 Å². The van der Waals surface area contributed by atoms with Gasteiger partial charge in [-0.2, -0.15) is 0 Å². The molecule has 1 amide bonds. The SMILES string of the molecule is CCOCCCNC(=O)c1cccc(C)c1. The van der Waals surface area contributed by atoms with E-state index in [2.05, 4.69) is 5.32 Å². The first-order valence-electron chi connectivity index (χ1n) is 5.66. The molecule has 88 valence electrons. The largest absolute Gasteiger partial charge is 0.382 e. The molecule has 0 atom stereocenters. The van der Waals surface area contributed by atoms with Crippen molar-refractivity contribution in [2.75, 3.05) is 19.8 Å². The second-order valence-corrected chi connectivity index (χ2v) is 3.68. The highest BCUT2D eigenvalue weighted by atomic mass is 16.5. The van der Waals surface area contributed by atoms with Gasteiger partial charge in [-0.1, -0.05) is 17.7 Å².